The van der Waals surface area contributed by atoms with Crippen molar-refractivity contribution in [2.24, 2.45) is 0 Å². The fourth-order valence-corrected chi connectivity index (χ4v) is 0. The van der Waals surface area contributed by atoms with Gasteiger partial charge in [0.2, 0.25) is 0 Å². The molecule has 0 bridgehead atoms. The van der Waals surface area contributed by atoms with Gasteiger partial charge in [0.1, 0.15) is 0 Å². The molecule has 0 aliphatic rings. The summed E-state index contributed by atoms with van der Waals surface area (Å²) in [6.45, 7) is 0. The van der Waals surface area contributed by atoms with Gasteiger partial charge in [-0.1, -0.05) is 0 Å². The number of rotatable bonds is 0. The van der Waals surface area contributed by atoms with E-state index < -0.39 is 0 Å². The van der Waals surface area contributed by atoms with E-state index in [-0.39, 0.29) is 106 Å². The minimum absolute atomic E-state index is 0. The van der Waals surface area contributed by atoms with Gasteiger partial charge in [-0.05, 0) is 0 Å². The minimum atomic E-state index is 0. The molecule has 0 amide bonds. The maximum Gasteiger partial charge on any atom is 0.187 e. The minimum Gasteiger partial charge on any atom is 0 e. The van der Waals surface area contributed by atoms with Crippen LogP contribution < -0.4 is 0 Å². The molecule has 0 aromatic carbocycles. The van der Waals surface area contributed by atoms with Crippen LogP contribution in [0.15, 0.2) is 0 Å². The molecular formula is H3AlCoCuFeNiTi. The zero-order valence-corrected chi connectivity index (χ0v) is 7.44. The van der Waals surface area contributed by atoms with E-state index in [2.05, 4.69) is 0 Å². The molecule has 0 unspecified atom stereocenters. The van der Waals surface area contributed by atoms with Crippen molar-refractivity contribution in [1.29, 1.82) is 0 Å². The Balaban J connectivity index is 0. The van der Waals surface area contributed by atoms with E-state index in [9.17, 15) is 0 Å². The molecule has 6 heavy (non-hydrogen) atoms. The van der Waals surface area contributed by atoms with Crippen LogP contribution in [0.4, 0.5) is 0 Å². The van der Waals surface area contributed by atoms with Crippen LogP contribution in [-0.2, 0) is 89.1 Å². The van der Waals surface area contributed by atoms with Gasteiger partial charge in [0, 0.05) is 89.1 Å². The third kappa shape index (κ3) is 26.7. The molecule has 0 aliphatic carbocycles. The monoisotopic (exact) mass is 314 g/mol. The van der Waals surface area contributed by atoms with E-state index in [1.165, 1.54) is 0 Å². The van der Waals surface area contributed by atoms with E-state index >= 15 is 0 Å². The van der Waals surface area contributed by atoms with Crippen molar-refractivity contribution >= 4 is 17.4 Å². The normalized spacial score (nSPS) is 0. The van der Waals surface area contributed by atoms with Crippen LogP contribution in [0.3, 0.4) is 0 Å². The van der Waals surface area contributed by atoms with E-state index in [1.807, 2.05) is 0 Å². The summed E-state index contributed by atoms with van der Waals surface area (Å²) in [6.07, 6.45) is 0. The summed E-state index contributed by atoms with van der Waals surface area (Å²) >= 11 is 0. The first kappa shape index (κ1) is 59.0. The molecular weight excluding hydrogens is 312 g/mol. The first-order valence-corrected chi connectivity index (χ1v) is 0. The van der Waals surface area contributed by atoms with E-state index in [1.54, 1.807) is 0 Å². The standard InChI is InChI=1S/Al.Co.Cu.Fe.Ni.Ti.3H. The van der Waals surface area contributed by atoms with Crippen LogP contribution in [0.5, 0.6) is 0 Å². The third-order valence-corrected chi connectivity index (χ3v) is 0. The van der Waals surface area contributed by atoms with Crippen LogP contribution in [-0.4, -0.2) is 17.4 Å². The predicted molar refractivity (Wildman–Crippen MR) is 9.94 cm³/mol. The van der Waals surface area contributed by atoms with Crippen molar-refractivity contribution in [3.05, 3.63) is 0 Å². The van der Waals surface area contributed by atoms with Gasteiger partial charge in [-0.25, -0.2) is 0 Å². The van der Waals surface area contributed by atoms with Gasteiger partial charge in [0.05, 0.1) is 0 Å². The van der Waals surface area contributed by atoms with Crippen molar-refractivity contribution in [3.63, 3.8) is 0 Å². The van der Waals surface area contributed by atoms with Gasteiger partial charge in [-0.15, -0.1) is 0 Å². The Morgan fingerprint density at radius 1 is 1.00 bits per heavy atom. The Morgan fingerprint density at radius 3 is 1.00 bits per heavy atom. The van der Waals surface area contributed by atoms with Crippen LogP contribution in [0, 0.1) is 0 Å². The van der Waals surface area contributed by atoms with E-state index in [4.69, 9.17) is 0 Å². The number of hydrogen-bond donors (Lipinski definition) is 0. The zero-order chi connectivity index (χ0) is 0. The summed E-state index contributed by atoms with van der Waals surface area (Å²) in [5.41, 5.74) is 0. The maximum absolute atomic E-state index is 0. The second-order valence-corrected chi connectivity index (χ2v) is 0. The van der Waals surface area contributed by atoms with Crippen molar-refractivity contribution < 1.29 is 89.1 Å². The third-order valence-electron chi connectivity index (χ3n) is 0. The summed E-state index contributed by atoms with van der Waals surface area (Å²) in [6, 6.07) is 0. The second kappa shape index (κ2) is 40.7. The molecule has 0 saturated heterocycles. The molecule has 0 saturated carbocycles. The summed E-state index contributed by atoms with van der Waals surface area (Å²) in [5.74, 6) is 0. The van der Waals surface area contributed by atoms with Crippen LogP contribution in [0.25, 0.3) is 0 Å². The Bertz CT molecular complexity index is 15.5. The predicted octanol–water partition coefficient (Wildman–Crippen LogP) is -1.20. The average Bonchev–Trinajstić information content (AvgIpc) is 0. The van der Waals surface area contributed by atoms with Crippen LogP contribution in [0.1, 0.15) is 0 Å². The molecule has 0 N–H and O–H groups in total. The molecule has 0 aliphatic heterocycles. The van der Waals surface area contributed by atoms with Crippen molar-refractivity contribution in [3.8, 4) is 0 Å². The van der Waals surface area contributed by atoms with Gasteiger partial charge in [0.15, 0.2) is 17.4 Å². The Hall–Kier alpha value is 3.29. The topological polar surface area (TPSA) is 0 Å². The molecule has 0 heterocycles. The zero-order valence-electron chi connectivity index (χ0n) is 1.80. The molecule has 6 heteroatoms. The summed E-state index contributed by atoms with van der Waals surface area (Å²) < 4.78 is 0. The molecule has 0 rings (SSSR count). The Morgan fingerprint density at radius 2 is 1.00 bits per heavy atom. The van der Waals surface area contributed by atoms with E-state index in [0.29, 0.717) is 0 Å². The largest absolute Gasteiger partial charge is 0.187 e. The molecule has 48 valence electrons. The Kier molecular flexibility index (Phi) is 401. The van der Waals surface area contributed by atoms with Gasteiger partial charge < -0.3 is 0 Å². The molecule has 0 aromatic heterocycles. The van der Waals surface area contributed by atoms with Gasteiger partial charge in [-0.3, -0.25) is 0 Å². The summed E-state index contributed by atoms with van der Waals surface area (Å²) in [5, 5.41) is 0. The molecule has 0 nitrogen and oxygen atoms in total. The fourth-order valence-electron chi connectivity index (χ4n) is 0. The van der Waals surface area contributed by atoms with Crippen molar-refractivity contribution in [2.75, 3.05) is 0 Å². The van der Waals surface area contributed by atoms with E-state index in [0.717, 1.165) is 0 Å². The smallest absolute Gasteiger partial charge is 0 e. The fraction of sp³-hybridized carbons (Fsp3) is 0. The first-order valence-electron chi connectivity index (χ1n) is 0. The number of hydrogen-bond acceptors (Lipinski definition) is 0. The molecule has 2 radical (unpaired) electrons. The van der Waals surface area contributed by atoms with Gasteiger partial charge >= 0.3 is 0 Å². The molecule has 0 spiro atoms. The molecule has 0 aromatic rings. The summed E-state index contributed by atoms with van der Waals surface area (Å²) in [4.78, 5) is 0. The average molecular weight is 315 g/mol. The quantitative estimate of drug-likeness (QED) is 0.493. The van der Waals surface area contributed by atoms with Crippen molar-refractivity contribution in [2.45, 2.75) is 0 Å². The first-order chi connectivity index (χ1) is 0. The summed E-state index contributed by atoms with van der Waals surface area (Å²) in [7, 11) is 0. The molecule has 0 atom stereocenters. The van der Waals surface area contributed by atoms with Crippen molar-refractivity contribution in [1.82, 2.24) is 0 Å². The second-order valence-electron chi connectivity index (χ2n) is 0. The SMILES string of the molecule is [AlH3].[Co].[Cu].[Fe].[Ni].[Ti]. The Labute approximate surface area is 105 Å². The molecule has 0 fully saturated rings. The van der Waals surface area contributed by atoms with Gasteiger partial charge in [-0.2, -0.15) is 0 Å². The maximum atomic E-state index is 0. The van der Waals surface area contributed by atoms with Crippen LogP contribution >= 0.6 is 0 Å². The van der Waals surface area contributed by atoms with Crippen LogP contribution in [0.2, 0.25) is 0 Å². The van der Waals surface area contributed by atoms with Gasteiger partial charge in [0.25, 0.3) is 0 Å².